The summed E-state index contributed by atoms with van der Waals surface area (Å²) in [4.78, 5) is 0. The van der Waals surface area contributed by atoms with E-state index in [1.165, 1.54) is 22.2 Å². The lowest BCUT2D eigenvalue weighted by atomic mass is 9.70. The first-order valence-electron chi connectivity index (χ1n) is 4.02. The number of benzene rings is 1. The van der Waals surface area contributed by atoms with Gasteiger partial charge in [-0.15, -0.1) is 0 Å². The van der Waals surface area contributed by atoms with Crippen LogP contribution in [-0.2, 0) is 0 Å². The zero-order valence-electron chi connectivity index (χ0n) is 7.73. The summed E-state index contributed by atoms with van der Waals surface area (Å²) in [6.45, 7) is 8.56. The molecule has 1 aromatic carbocycles. The molecule has 1 rings (SSSR count). The first-order chi connectivity index (χ1) is 5.15. The van der Waals surface area contributed by atoms with Crippen LogP contribution < -0.4 is 5.46 Å². The van der Waals surface area contributed by atoms with Gasteiger partial charge in [0.15, 0.2) is 0 Å². The van der Waals surface area contributed by atoms with E-state index in [4.69, 9.17) is 0 Å². The van der Waals surface area contributed by atoms with E-state index >= 15 is 0 Å². The standard InChI is InChI=1S/C10H14B/c1-7-5-8(2)9(3)10(6-7)11-4/h5-6H,1-4H3. The molecule has 0 N–H and O–H groups in total. The van der Waals surface area contributed by atoms with E-state index in [1.807, 2.05) is 0 Å². The third-order valence-corrected chi connectivity index (χ3v) is 2.16. The van der Waals surface area contributed by atoms with Crippen molar-refractivity contribution in [3.63, 3.8) is 0 Å². The Morgan fingerprint density at radius 1 is 1.09 bits per heavy atom. The van der Waals surface area contributed by atoms with Gasteiger partial charge in [0.1, 0.15) is 7.28 Å². The molecule has 1 heteroatoms. The lowest BCUT2D eigenvalue weighted by molar-refractivity contribution is 1.32. The summed E-state index contributed by atoms with van der Waals surface area (Å²) in [5.74, 6) is 0. The second-order valence-corrected chi connectivity index (χ2v) is 3.08. The topological polar surface area (TPSA) is 0 Å². The van der Waals surface area contributed by atoms with Crippen LogP contribution in [0.5, 0.6) is 0 Å². The fourth-order valence-corrected chi connectivity index (χ4v) is 1.37. The van der Waals surface area contributed by atoms with E-state index in [0.717, 1.165) is 0 Å². The van der Waals surface area contributed by atoms with Crippen molar-refractivity contribution < 1.29 is 0 Å². The maximum atomic E-state index is 2.22. The molecule has 0 saturated heterocycles. The molecule has 0 heterocycles. The van der Waals surface area contributed by atoms with E-state index < -0.39 is 0 Å². The van der Waals surface area contributed by atoms with Crippen LogP contribution in [0, 0.1) is 20.8 Å². The normalized spacial score (nSPS) is 9.82. The number of hydrogen-bond acceptors (Lipinski definition) is 0. The van der Waals surface area contributed by atoms with Gasteiger partial charge in [0.25, 0.3) is 0 Å². The largest absolute Gasteiger partial charge is 0.148 e. The van der Waals surface area contributed by atoms with Gasteiger partial charge >= 0.3 is 0 Å². The SMILES string of the molecule is C[B]c1cc(C)cc(C)c1C. The van der Waals surface area contributed by atoms with Crippen molar-refractivity contribution in [2.24, 2.45) is 0 Å². The van der Waals surface area contributed by atoms with Gasteiger partial charge in [-0.3, -0.25) is 0 Å². The van der Waals surface area contributed by atoms with Crippen LogP contribution in [0.25, 0.3) is 0 Å². The second-order valence-electron chi connectivity index (χ2n) is 3.08. The highest BCUT2D eigenvalue weighted by atomic mass is 14.0. The molecule has 0 fully saturated rings. The summed E-state index contributed by atoms with van der Waals surface area (Å²) < 4.78 is 0. The van der Waals surface area contributed by atoms with Gasteiger partial charge in [-0.2, -0.15) is 0 Å². The van der Waals surface area contributed by atoms with Gasteiger partial charge < -0.3 is 0 Å². The van der Waals surface area contributed by atoms with Gasteiger partial charge in [-0.25, -0.2) is 0 Å². The molecule has 0 nitrogen and oxygen atoms in total. The average Bonchev–Trinajstić information content (AvgIpc) is 1.96. The molecule has 0 bridgehead atoms. The number of rotatable bonds is 1. The van der Waals surface area contributed by atoms with E-state index in [2.05, 4.69) is 47.0 Å². The molecule has 0 aliphatic rings. The van der Waals surface area contributed by atoms with Crippen molar-refractivity contribution in [3.05, 3.63) is 28.8 Å². The van der Waals surface area contributed by atoms with Crippen LogP contribution in [0.2, 0.25) is 6.82 Å². The third-order valence-electron chi connectivity index (χ3n) is 2.16. The lowest BCUT2D eigenvalue weighted by Gasteiger charge is -2.07. The molecular formula is C10H14B. The maximum Gasteiger partial charge on any atom is 0.148 e. The van der Waals surface area contributed by atoms with Gasteiger partial charge in [0, 0.05) is 0 Å². The molecule has 0 aliphatic heterocycles. The van der Waals surface area contributed by atoms with Crippen LogP contribution in [0.1, 0.15) is 16.7 Å². The zero-order valence-corrected chi connectivity index (χ0v) is 7.73. The number of aryl methyl sites for hydroxylation is 2. The predicted molar refractivity (Wildman–Crippen MR) is 51.9 cm³/mol. The third kappa shape index (κ3) is 1.65. The van der Waals surface area contributed by atoms with Crippen LogP contribution >= 0.6 is 0 Å². The molecule has 57 valence electrons. The summed E-state index contributed by atoms with van der Waals surface area (Å²) in [6.07, 6.45) is 0. The highest BCUT2D eigenvalue weighted by Crippen LogP contribution is 2.06. The predicted octanol–water partition coefficient (Wildman–Crippen LogP) is 1.99. The molecule has 0 unspecified atom stereocenters. The Kier molecular flexibility index (Phi) is 2.38. The van der Waals surface area contributed by atoms with Crippen LogP contribution in [0.15, 0.2) is 12.1 Å². The highest BCUT2D eigenvalue weighted by molar-refractivity contribution is 6.52. The highest BCUT2D eigenvalue weighted by Gasteiger charge is 1.99. The van der Waals surface area contributed by atoms with Crippen LogP contribution in [0.3, 0.4) is 0 Å². The smallest absolute Gasteiger partial charge is 0.0872 e. The van der Waals surface area contributed by atoms with Crippen molar-refractivity contribution in [1.29, 1.82) is 0 Å². The second kappa shape index (κ2) is 3.12. The molecule has 0 aliphatic carbocycles. The first-order valence-corrected chi connectivity index (χ1v) is 4.02. The Morgan fingerprint density at radius 3 is 2.27 bits per heavy atom. The minimum atomic E-state index is 1.35. The van der Waals surface area contributed by atoms with Crippen molar-refractivity contribution in [1.82, 2.24) is 0 Å². The quantitative estimate of drug-likeness (QED) is 0.530. The van der Waals surface area contributed by atoms with Crippen molar-refractivity contribution in [2.45, 2.75) is 27.6 Å². The molecular weight excluding hydrogens is 131 g/mol. The average molecular weight is 145 g/mol. The van der Waals surface area contributed by atoms with E-state index in [9.17, 15) is 0 Å². The van der Waals surface area contributed by atoms with E-state index in [-0.39, 0.29) is 0 Å². The molecule has 0 amide bonds. The fraction of sp³-hybridized carbons (Fsp3) is 0.400. The summed E-state index contributed by atoms with van der Waals surface area (Å²) in [7, 11) is 2.16. The Morgan fingerprint density at radius 2 is 1.73 bits per heavy atom. The van der Waals surface area contributed by atoms with Gasteiger partial charge in [-0.1, -0.05) is 35.5 Å². The Balaban J connectivity index is 3.24. The maximum absolute atomic E-state index is 2.22. The van der Waals surface area contributed by atoms with Crippen LogP contribution in [0.4, 0.5) is 0 Å². The monoisotopic (exact) mass is 145 g/mol. The molecule has 0 saturated carbocycles. The fourth-order valence-electron chi connectivity index (χ4n) is 1.37. The van der Waals surface area contributed by atoms with E-state index in [0.29, 0.717) is 0 Å². The summed E-state index contributed by atoms with van der Waals surface area (Å²) in [5.41, 5.74) is 5.50. The van der Waals surface area contributed by atoms with Crippen molar-refractivity contribution in [3.8, 4) is 0 Å². The Hall–Kier alpha value is -0.715. The van der Waals surface area contributed by atoms with Crippen LogP contribution in [-0.4, -0.2) is 7.28 Å². The van der Waals surface area contributed by atoms with Gasteiger partial charge in [-0.05, 0) is 26.3 Å². The first kappa shape index (κ1) is 8.38. The van der Waals surface area contributed by atoms with Crippen molar-refractivity contribution in [2.75, 3.05) is 0 Å². The molecule has 1 radical (unpaired) electrons. The molecule has 0 atom stereocenters. The Labute approximate surface area is 69.9 Å². The minimum Gasteiger partial charge on any atom is -0.0872 e. The van der Waals surface area contributed by atoms with Gasteiger partial charge in [0.2, 0.25) is 0 Å². The minimum absolute atomic E-state index is 1.35. The van der Waals surface area contributed by atoms with E-state index in [1.54, 1.807) is 0 Å². The summed E-state index contributed by atoms with van der Waals surface area (Å²) in [6, 6.07) is 4.45. The van der Waals surface area contributed by atoms with Gasteiger partial charge in [0.05, 0.1) is 0 Å². The van der Waals surface area contributed by atoms with Crippen molar-refractivity contribution >= 4 is 12.7 Å². The number of hydrogen-bond donors (Lipinski definition) is 0. The molecule has 0 aromatic heterocycles. The zero-order chi connectivity index (χ0) is 8.43. The molecule has 11 heavy (non-hydrogen) atoms. The Bertz CT molecular complexity index is 264. The summed E-state index contributed by atoms with van der Waals surface area (Å²) in [5, 5.41) is 0. The summed E-state index contributed by atoms with van der Waals surface area (Å²) >= 11 is 0. The lowest BCUT2D eigenvalue weighted by Crippen LogP contribution is -2.16. The molecule has 0 spiro atoms. The molecule has 1 aromatic rings.